The minimum absolute atomic E-state index is 0.00287. The van der Waals surface area contributed by atoms with Crippen LogP contribution in [0.1, 0.15) is 36.3 Å². The molecular weight excluding hydrogens is 449 g/mol. The number of pyridine rings is 1. The fraction of sp³-hybridized carbons (Fsp3) is 0.458. The van der Waals surface area contributed by atoms with Crippen LogP contribution in [0.3, 0.4) is 0 Å². The van der Waals surface area contributed by atoms with Crippen LogP contribution < -0.4 is 14.8 Å². The van der Waals surface area contributed by atoms with Gasteiger partial charge < -0.3 is 19.5 Å². The van der Waals surface area contributed by atoms with Crippen molar-refractivity contribution in [2.45, 2.75) is 38.9 Å². The molecule has 1 aromatic carbocycles. The lowest BCUT2D eigenvalue weighted by Crippen LogP contribution is -2.39. The number of aromatic nitrogens is 3. The zero-order chi connectivity index (χ0) is 24.3. The third-order valence-electron chi connectivity index (χ3n) is 6.07. The number of nitrogens with one attached hydrogen (secondary N) is 1. The van der Waals surface area contributed by atoms with E-state index in [1.165, 1.54) is 6.07 Å². The van der Waals surface area contributed by atoms with Gasteiger partial charge in [0.15, 0.2) is 11.5 Å². The average molecular weight is 476 g/mol. The van der Waals surface area contributed by atoms with Crippen LogP contribution >= 0.6 is 0 Å². The molecule has 1 fully saturated rings. The summed E-state index contributed by atoms with van der Waals surface area (Å²) in [6.45, 7) is 3.01. The van der Waals surface area contributed by atoms with E-state index in [0.29, 0.717) is 52.8 Å². The normalized spacial score (nSPS) is 15.1. The topological polar surface area (TPSA) is 78.4 Å². The highest BCUT2D eigenvalue weighted by Gasteiger charge is 2.38. The molecule has 182 valence electrons. The van der Waals surface area contributed by atoms with E-state index in [1.54, 1.807) is 27.2 Å². The van der Waals surface area contributed by atoms with Crippen LogP contribution in [0.5, 0.6) is 11.5 Å². The van der Waals surface area contributed by atoms with Gasteiger partial charge in [0.05, 0.1) is 25.8 Å². The SMILES string of the molecule is COCC1(COc2cc3c(NCc4ccnc(C(F)(F)F)c4)nc(C)nc3cc2OC)CCC1. The Bertz CT molecular complexity index is 1170. The molecule has 7 nitrogen and oxygen atoms in total. The number of ether oxygens (including phenoxy) is 3. The lowest BCUT2D eigenvalue weighted by Gasteiger charge is -2.40. The number of nitrogens with zero attached hydrogens (tertiary/aromatic N) is 3. The van der Waals surface area contributed by atoms with Crippen molar-refractivity contribution in [1.29, 1.82) is 0 Å². The quantitative estimate of drug-likeness (QED) is 0.457. The molecule has 0 atom stereocenters. The molecule has 4 rings (SSSR count). The van der Waals surface area contributed by atoms with Crippen molar-refractivity contribution >= 4 is 16.7 Å². The molecule has 0 saturated heterocycles. The van der Waals surface area contributed by atoms with Gasteiger partial charge in [-0.1, -0.05) is 6.42 Å². The van der Waals surface area contributed by atoms with Gasteiger partial charge in [-0.05, 0) is 43.5 Å². The van der Waals surface area contributed by atoms with Gasteiger partial charge in [-0.25, -0.2) is 9.97 Å². The van der Waals surface area contributed by atoms with E-state index >= 15 is 0 Å². The second kappa shape index (κ2) is 9.61. The number of hydrogen-bond acceptors (Lipinski definition) is 7. The minimum atomic E-state index is -4.50. The molecule has 2 heterocycles. The highest BCUT2D eigenvalue weighted by atomic mass is 19.4. The summed E-state index contributed by atoms with van der Waals surface area (Å²) in [4.78, 5) is 12.4. The van der Waals surface area contributed by atoms with E-state index in [-0.39, 0.29) is 12.0 Å². The summed E-state index contributed by atoms with van der Waals surface area (Å²) in [5.41, 5.74) is 0.136. The van der Waals surface area contributed by atoms with Crippen LogP contribution in [-0.2, 0) is 17.5 Å². The molecule has 34 heavy (non-hydrogen) atoms. The molecule has 0 unspecified atom stereocenters. The summed E-state index contributed by atoms with van der Waals surface area (Å²) in [5, 5.41) is 3.82. The van der Waals surface area contributed by atoms with E-state index < -0.39 is 11.9 Å². The number of halogens is 3. The van der Waals surface area contributed by atoms with Crippen LogP contribution in [0.15, 0.2) is 30.5 Å². The summed E-state index contributed by atoms with van der Waals surface area (Å²) in [6.07, 6.45) is -0.128. The number of aryl methyl sites for hydroxylation is 1. The second-order valence-corrected chi connectivity index (χ2v) is 8.62. The highest BCUT2D eigenvalue weighted by Crippen LogP contribution is 2.43. The molecule has 0 aliphatic heterocycles. The summed E-state index contributed by atoms with van der Waals surface area (Å²) in [6, 6.07) is 6.14. The van der Waals surface area contributed by atoms with Crippen molar-refractivity contribution in [3.05, 3.63) is 47.5 Å². The molecule has 1 N–H and O–H groups in total. The van der Waals surface area contributed by atoms with Crippen molar-refractivity contribution in [3.63, 3.8) is 0 Å². The van der Waals surface area contributed by atoms with Crippen molar-refractivity contribution in [1.82, 2.24) is 15.0 Å². The van der Waals surface area contributed by atoms with Crippen LogP contribution in [0.2, 0.25) is 0 Å². The molecule has 0 spiro atoms. The summed E-state index contributed by atoms with van der Waals surface area (Å²) < 4.78 is 56.1. The Hall–Kier alpha value is -3.14. The second-order valence-electron chi connectivity index (χ2n) is 8.62. The lowest BCUT2D eigenvalue weighted by molar-refractivity contribution is -0.141. The monoisotopic (exact) mass is 476 g/mol. The minimum Gasteiger partial charge on any atom is -0.493 e. The summed E-state index contributed by atoms with van der Waals surface area (Å²) >= 11 is 0. The fourth-order valence-corrected chi connectivity index (χ4v) is 4.13. The lowest BCUT2D eigenvalue weighted by atomic mass is 9.70. The molecule has 0 bridgehead atoms. The Labute approximate surface area is 195 Å². The van der Waals surface area contributed by atoms with Gasteiger partial charge >= 0.3 is 6.18 Å². The van der Waals surface area contributed by atoms with E-state index in [0.717, 1.165) is 31.5 Å². The maximum absolute atomic E-state index is 13.0. The van der Waals surface area contributed by atoms with Crippen molar-refractivity contribution in [3.8, 4) is 11.5 Å². The van der Waals surface area contributed by atoms with Crippen LogP contribution in [0, 0.1) is 12.3 Å². The molecule has 2 aromatic heterocycles. The van der Waals surface area contributed by atoms with Crippen molar-refractivity contribution in [2.75, 3.05) is 32.8 Å². The van der Waals surface area contributed by atoms with Gasteiger partial charge in [-0.2, -0.15) is 13.2 Å². The molecule has 0 amide bonds. The number of methoxy groups -OCH3 is 2. The fourth-order valence-electron chi connectivity index (χ4n) is 4.13. The third kappa shape index (κ3) is 5.16. The zero-order valence-electron chi connectivity index (χ0n) is 19.3. The number of alkyl halides is 3. The molecular formula is C24H27F3N4O3. The predicted octanol–water partition coefficient (Wildman–Crippen LogP) is 5.17. The summed E-state index contributed by atoms with van der Waals surface area (Å²) in [7, 11) is 3.26. The first kappa shape index (κ1) is 24.0. The smallest absolute Gasteiger partial charge is 0.433 e. The van der Waals surface area contributed by atoms with Crippen molar-refractivity contribution < 1.29 is 27.4 Å². The Morgan fingerprint density at radius 3 is 2.50 bits per heavy atom. The Balaban J connectivity index is 1.61. The van der Waals surface area contributed by atoms with Gasteiger partial charge in [0, 0.05) is 36.7 Å². The van der Waals surface area contributed by atoms with Gasteiger partial charge in [-0.3, -0.25) is 4.98 Å². The van der Waals surface area contributed by atoms with Gasteiger partial charge in [0.2, 0.25) is 0 Å². The van der Waals surface area contributed by atoms with Crippen LogP contribution in [0.4, 0.5) is 19.0 Å². The van der Waals surface area contributed by atoms with Crippen LogP contribution in [-0.4, -0.2) is 42.4 Å². The Kier molecular flexibility index (Phi) is 6.79. The van der Waals surface area contributed by atoms with Gasteiger partial charge in [0.1, 0.15) is 17.3 Å². The van der Waals surface area contributed by atoms with E-state index in [4.69, 9.17) is 14.2 Å². The molecule has 1 aliphatic carbocycles. The first-order valence-electron chi connectivity index (χ1n) is 11.0. The van der Waals surface area contributed by atoms with Crippen LogP contribution in [0.25, 0.3) is 10.9 Å². The molecule has 1 aliphatic rings. The number of hydrogen-bond donors (Lipinski definition) is 1. The molecule has 10 heteroatoms. The highest BCUT2D eigenvalue weighted by molar-refractivity contribution is 5.91. The third-order valence-corrected chi connectivity index (χ3v) is 6.07. The Morgan fingerprint density at radius 2 is 1.85 bits per heavy atom. The zero-order valence-corrected chi connectivity index (χ0v) is 19.3. The maximum Gasteiger partial charge on any atom is 0.433 e. The van der Waals surface area contributed by atoms with E-state index in [1.807, 2.05) is 6.07 Å². The van der Waals surface area contributed by atoms with Gasteiger partial charge in [0.25, 0.3) is 0 Å². The number of anilines is 1. The van der Waals surface area contributed by atoms with Crippen molar-refractivity contribution in [2.24, 2.45) is 5.41 Å². The first-order chi connectivity index (χ1) is 16.2. The standard InChI is InChI=1S/C24H27F3N4O3/c1-15-30-18-11-19(33-3)20(34-14-23(13-32-2)6-4-7-23)10-17(18)22(31-15)29-12-16-5-8-28-21(9-16)24(25,26)27/h5,8-11H,4,6-7,12-14H2,1-3H3,(H,29,30,31). The predicted molar refractivity (Wildman–Crippen MR) is 121 cm³/mol. The largest absolute Gasteiger partial charge is 0.493 e. The average Bonchev–Trinajstić information content (AvgIpc) is 2.78. The molecule has 0 radical (unpaired) electrons. The van der Waals surface area contributed by atoms with Gasteiger partial charge in [-0.15, -0.1) is 0 Å². The number of benzene rings is 1. The molecule has 3 aromatic rings. The number of rotatable bonds is 9. The van der Waals surface area contributed by atoms with E-state index in [9.17, 15) is 13.2 Å². The first-order valence-corrected chi connectivity index (χ1v) is 11.0. The number of fused-ring (bicyclic) bond motifs is 1. The molecule has 1 saturated carbocycles. The maximum atomic E-state index is 13.0. The summed E-state index contributed by atoms with van der Waals surface area (Å²) in [5.74, 6) is 2.11. The van der Waals surface area contributed by atoms with E-state index in [2.05, 4.69) is 20.3 Å². The Morgan fingerprint density at radius 1 is 1.06 bits per heavy atom.